The Morgan fingerprint density at radius 2 is 1.78 bits per heavy atom. The van der Waals surface area contributed by atoms with E-state index in [1.807, 2.05) is 18.3 Å². The molecule has 23 heavy (non-hydrogen) atoms. The van der Waals surface area contributed by atoms with E-state index in [1.54, 1.807) is 4.90 Å². The Morgan fingerprint density at radius 1 is 1.09 bits per heavy atom. The second-order valence-corrected chi connectivity index (χ2v) is 6.53. The van der Waals surface area contributed by atoms with Gasteiger partial charge in [-0.15, -0.1) is 0 Å². The van der Waals surface area contributed by atoms with Crippen LogP contribution in [0.4, 0.5) is 0 Å². The monoisotopic (exact) mass is 328 g/mol. The molecule has 1 aliphatic heterocycles. The van der Waals surface area contributed by atoms with Gasteiger partial charge in [-0.25, -0.2) is 0 Å². The minimum atomic E-state index is 0.875. The summed E-state index contributed by atoms with van der Waals surface area (Å²) >= 11 is 6.25. The van der Waals surface area contributed by atoms with Gasteiger partial charge in [0.25, 0.3) is 0 Å². The highest BCUT2D eigenvalue weighted by Gasteiger charge is 2.19. The summed E-state index contributed by atoms with van der Waals surface area (Å²) in [6.07, 6.45) is 1.96. The van der Waals surface area contributed by atoms with E-state index >= 15 is 0 Å². The summed E-state index contributed by atoms with van der Waals surface area (Å²) in [5.74, 6) is 0. The third-order valence-electron chi connectivity index (χ3n) is 4.29. The number of nitrogens with zero attached hydrogens (tertiary/aromatic N) is 2. The van der Waals surface area contributed by atoms with Crippen LogP contribution >= 0.6 is 11.6 Å². The van der Waals surface area contributed by atoms with Gasteiger partial charge in [-0.1, -0.05) is 59.6 Å². The molecule has 1 aliphatic rings. The molecule has 0 aliphatic carbocycles. The molecular weight excluding hydrogens is 306 g/mol. The van der Waals surface area contributed by atoms with Crippen molar-refractivity contribution < 1.29 is 4.90 Å². The zero-order valence-electron chi connectivity index (χ0n) is 13.5. The lowest BCUT2D eigenvalue weighted by Crippen LogP contribution is -3.13. The quantitative estimate of drug-likeness (QED) is 0.854. The van der Waals surface area contributed by atoms with Crippen LogP contribution in [-0.4, -0.2) is 37.4 Å². The van der Waals surface area contributed by atoms with Crippen molar-refractivity contribution in [1.82, 2.24) is 5.01 Å². The molecule has 0 bridgehead atoms. The number of benzene rings is 2. The molecule has 0 atom stereocenters. The number of aryl methyl sites for hydroxylation is 1. The van der Waals surface area contributed by atoms with Crippen LogP contribution in [0, 0.1) is 6.92 Å². The summed E-state index contributed by atoms with van der Waals surface area (Å²) in [5.41, 5.74) is 3.67. The minimum absolute atomic E-state index is 0.875. The van der Waals surface area contributed by atoms with Gasteiger partial charge in [0, 0.05) is 10.6 Å². The standard InChI is InChI=1S/C19H22ClN3/c1-16-6-8-17(9-7-16)14-21-23-12-10-22(11-13-23)15-18-4-2-3-5-19(18)20/h2-9,14H,10-13,15H2,1H3/p+1/b21-14-. The molecule has 1 heterocycles. The first-order valence-corrected chi connectivity index (χ1v) is 8.51. The van der Waals surface area contributed by atoms with Crippen molar-refractivity contribution in [2.45, 2.75) is 13.5 Å². The van der Waals surface area contributed by atoms with Gasteiger partial charge < -0.3 is 4.90 Å². The maximum atomic E-state index is 6.25. The van der Waals surface area contributed by atoms with Crippen molar-refractivity contribution in [3.05, 3.63) is 70.2 Å². The Kier molecular flexibility index (Phi) is 5.31. The van der Waals surface area contributed by atoms with E-state index in [9.17, 15) is 0 Å². The van der Waals surface area contributed by atoms with Crippen LogP contribution in [0.25, 0.3) is 0 Å². The molecule has 0 aromatic heterocycles. The fourth-order valence-electron chi connectivity index (χ4n) is 2.82. The first-order valence-electron chi connectivity index (χ1n) is 8.13. The normalized spacial score (nSPS) is 16.2. The second kappa shape index (κ2) is 7.62. The average Bonchev–Trinajstić information content (AvgIpc) is 2.58. The lowest BCUT2D eigenvalue weighted by molar-refractivity contribution is -0.918. The lowest BCUT2D eigenvalue weighted by Gasteiger charge is -2.30. The predicted octanol–water partition coefficient (Wildman–Crippen LogP) is 2.38. The number of piperazine rings is 1. The molecular formula is C19H23ClN3+. The molecule has 0 unspecified atom stereocenters. The Hall–Kier alpha value is -1.84. The van der Waals surface area contributed by atoms with E-state index in [-0.39, 0.29) is 0 Å². The maximum Gasteiger partial charge on any atom is 0.104 e. The number of halogens is 1. The van der Waals surface area contributed by atoms with E-state index in [1.165, 1.54) is 11.1 Å². The first-order chi connectivity index (χ1) is 11.2. The molecule has 2 aromatic rings. The van der Waals surface area contributed by atoms with Gasteiger partial charge in [0.15, 0.2) is 0 Å². The van der Waals surface area contributed by atoms with Crippen LogP contribution in [-0.2, 0) is 6.54 Å². The highest BCUT2D eigenvalue weighted by atomic mass is 35.5. The number of hydrogen-bond acceptors (Lipinski definition) is 2. The van der Waals surface area contributed by atoms with E-state index < -0.39 is 0 Å². The smallest absolute Gasteiger partial charge is 0.104 e. The molecule has 1 fully saturated rings. The van der Waals surface area contributed by atoms with Gasteiger partial charge in [0.05, 0.1) is 32.4 Å². The molecule has 0 saturated carbocycles. The van der Waals surface area contributed by atoms with Crippen molar-refractivity contribution in [3.8, 4) is 0 Å². The minimum Gasteiger partial charge on any atom is -0.328 e. The Morgan fingerprint density at radius 3 is 2.48 bits per heavy atom. The van der Waals surface area contributed by atoms with Crippen LogP contribution in [0.1, 0.15) is 16.7 Å². The fraction of sp³-hybridized carbons (Fsp3) is 0.316. The van der Waals surface area contributed by atoms with Crippen molar-refractivity contribution in [2.24, 2.45) is 5.10 Å². The second-order valence-electron chi connectivity index (χ2n) is 6.13. The number of hydrazone groups is 1. The average molecular weight is 329 g/mol. The van der Waals surface area contributed by atoms with Crippen LogP contribution in [0.2, 0.25) is 5.02 Å². The predicted molar refractivity (Wildman–Crippen MR) is 96.2 cm³/mol. The molecule has 4 heteroatoms. The number of hydrogen-bond donors (Lipinski definition) is 1. The third-order valence-corrected chi connectivity index (χ3v) is 4.66. The molecule has 0 amide bonds. The van der Waals surface area contributed by atoms with Gasteiger partial charge in [0.1, 0.15) is 6.54 Å². The molecule has 1 N–H and O–H groups in total. The molecule has 0 spiro atoms. The van der Waals surface area contributed by atoms with E-state index in [2.05, 4.69) is 53.4 Å². The van der Waals surface area contributed by atoms with Crippen LogP contribution in [0.15, 0.2) is 53.6 Å². The van der Waals surface area contributed by atoms with Gasteiger partial charge in [-0.2, -0.15) is 5.10 Å². The zero-order chi connectivity index (χ0) is 16.1. The molecule has 0 radical (unpaired) electrons. The largest absolute Gasteiger partial charge is 0.328 e. The molecule has 120 valence electrons. The number of rotatable bonds is 4. The van der Waals surface area contributed by atoms with Crippen molar-refractivity contribution in [2.75, 3.05) is 26.2 Å². The highest BCUT2D eigenvalue weighted by molar-refractivity contribution is 6.31. The maximum absolute atomic E-state index is 6.25. The summed E-state index contributed by atoms with van der Waals surface area (Å²) in [6, 6.07) is 16.6. The fourth-order valence-corrected chi connectivity index (χ4v) is 3.02. The molecule has 1 saturated heterocycles. The van der Waals surface area contributed by atoms with Crippen LogP contribution in [0.5, 0.6) is 0 Å². The number of nitrogens with one attached hydrogen (secondary N) is 1. The summed E-state index contributed by atoms with van der Waals surface area (Å²) in [5, 5.41) is 7.65. The van der Waals surface area contributed by atoms with Gasteiger partial charge in [-0.3, -0.25) is 5.01 Å². The first kappa shape index (κ1) is 16.0. The van der Waals surface area contributed by atoms with E-state index in [0.717, 1.165) is 43.3 Å². The number of quaternary nitrogens is 1. The Bertz CT molecular complexity index is 659. The summed E-state index contributed by atoms with van der Waals surface area (Å²) in [7, 11) is 0. The topological polar surface area (TPSA) is 20.0 Å². The molecule has 3 nitrogen and oxygen atoms in total. The van der Waals surface area contributed by atoms with Crippen molar-refractivity contribution in [3.63, 3.8) is 0 Å². The van der Waals surface area contributed by atoms with Crippen molar-refractivity contribution >= 4 is 17.8 Å². The lowest BCUT2D eigenvalue weighted by atomic mass is 10.2. The van der Waals surface area contributed by atoms with Gasteiger partial charge in [-0.05, 0) is 18.6 Å². The summed E-state index contributed by atoms with van der Waals surface area (Å²) in [6.45, 7) is 7.26. The zero-order valence-corrected chi connectivity index (χ0v) is 14.3. The molecule has 3 rings (SSSR count). The van der Waals surface area contributed by atoms with Crippen molar-refractivity contribution in [1.29, 1.82) is 0 Å². The Balaban J connectivity index is 1.50. The highest BCUT2D eigenvalue weighted by Crippen LogP contribution is 2.13. The molecule has 2 aromatic carbocycles. The van der Waals surface area contributed by atoms with Gasteiger partial charge in [0.2, 0.25) is 0 Å². The van der Waals surface area contributed by atoms with Crippen LogP contribution < -0.4 is 4.90 Å². The van der Waals surface area contributed by atoms with Crippen LogP contribution in [0.3, 0.4) is 0 Å². The van der Waals surface area contributed by atoms with E-state index in [0.29, 0.717) is 0 Å². The summed E-state index contributed by atoms with van der Waals surface area (Å²) < 4.78 is 0. The SMILES string of the molecule is Cc1ccc(/C=N\N2CC[NH+](Cc3ccccc3Cl)CC2)cc1. The Labute approximate surface area is 143 Å². The third kappa shape index (κ3) is 4.57. The van der Waals surface area contributed by atoms with E-state index in [4.69, 9.17) is 11.6 Å². The van der Waals surface area contributed by atoms with Gasteiger partial charge >= 0.3 is 0 Å². The summed E-state index contributed by atoms with van der Waals surface area (Å²) in [4.78, 5) is 1.57.